The van der Waals surface area contributed by atoms with Crippen molar-refractivity contribution in [2.24, 2.45) is 0 Å². The largest absolute Gasteiger partial charge is 0.356 e. The number of hydrogen-bond acceptors (Lipinski definition) is 2. The highest BCUT2D eigenvalue weighted by molar-refractivity contribution is 6.17. The van der Waals surface area contributed by atoms with Crippen LogP contribution >= 0.6 is 11.6 Å². The molecule has 0 saturated carbocycles. The Kier molecular flexibility index (Phi) is 12.7. The monoisotopic (exact) mass is 246 g/mol. The first kappa shape index (κ1) is 15.8. The lowest BCUT2D eigenvalue weighted by atomic mass is 10.1. The van der Waals surface area contributed by atoms with Crippen molar-refractivity contribution in [2.75, 3.05) is 20.1 Å². The summed E-state index contributed by atoms with van der Waals surface area (Å²) in [5.41, 5.74) is 0. The standard InChI is InChI=1S/C13H23ClO2/c1-15-13(16-2)11-9-7-5-3-4-6-8-10-12-14/h13H,3,5,7-12H2,1-2H3. The van der Waals surface area contributed by atoms with E-state index in [-0.39, 0.29) is 6.29 Å². The molecule has 0 aliphatic rings. The van der Waals surface area contributed by atoms with Gasteiger partial charge in [0, 0.05) is 32.9 Å². The van der Waals surface area contributed by atoms with Crippen LogP contribution in [0.5, 0.6) is 0 Å². The Bertz CT molecular complexity index is 192. The first-order chi connectivity index (χ1) is 7.85. The smallest absolute Gasteiger partial charge is 0.156 e. The van der Waals surface area contributed by atoms with Crippen molar-refractivity contribution >= 4 is 11.6 Å². The SMILES string of the molecule is COC(CCCCCC#CCCCCl)OC. The van der Waals surface area contributed by atoms with Crippen molar-refractivity contribution in [3.63, 3.8) is 0 Å². The second kappa shape index (κ2) is 12.8. The highest BCUT2D eigenvalue weighted by Crippen LogP contribution is 2.07. The molecule has 16 heavy (non-hydrogen) atoms. The zero-order valence-corrected chi connectivity index (χ0v) is 11.2. The normalized spacial score (nSPS) is 10.2. The maximum Gasteiger partial charge on any atom is 0.156 e. The van der Waals surface area contributed by atoms with Crippen molar-refractivity contribution < 1.29 is 9.47 Å². The molecule has 0 spiro atoms. The van der Waals surface area contributed by atoms with Crippen LogP contribution in [0.1, 0.15) is 44.9 Å². The Labute approximate surface area is 105 Å². The van der Waals surface area contributed by atoms with Crippen molar-refractivity contribution in [2.45, 2.75) is 51.2 Å². The molecule has 0 fully saturated rings. The average Bonchev–Trinajstić information content (AvgIpc) is 2.32. The predicted octanol–water partition coefficient (Wildman–Crippen LogP) is 3.58. The van der Waals surface area contributed by atoms with Crippen molar-refractivity contribution in [1.82, 2.24) is 0 Å². The van der Waals surface area contributed by atoms with Crippen LogP contribution in [0, 0.1) is 11.8 Å². The van der Waals surface area contributed by atoms with Gasteiger partial charge in [-0.2, -0.15) is 0 Å². The summed E-state index contributed by atoms with van der Waals surface area (Å²) >= 11 is 5.55. The lowest BCUT2D eigenvalue weighted by molar-refractivity contribution is -0.107. The molecule has 0 N–H and O–H groups in total. The molecule has 0 radical (unpaired) electrons. The molecule has 0 rings (SSSR count). The molecule has 0 bridgehead atoms. The van der Waals surface area contributed by atoms with E-state index in [2.05, 4.69) is 11.8 Å². The Morgan fingerprint density at radius 1 is 0.938 bits per heavy atom. The Morgan fingerprint density at radius 3 is 2.12 bits per heavy atom. The van der Waals surface area contributed by atoms with Crippen LogP contribution in [0.3, 0.4) is 0 Å². The minimum Gasteiger partial charge on any atom is -0.356 e. The zero-order valence-electron chi connectivity index (χ0n) is 10.4. The fourth-order valence-electron chi connectivity index (χ4n) is 1.37. The van der Waals surface area contributed by atoms with E-state index in [0.717, 1.165) is 38.5 Å². The van der Waals surface area contributed by atoms with Gasteiger partial charge in [0.1, 0.15) is 0 Å². The fourth-order valence-corrected chi connectivity index (χ4v) is 1.50. The van der Waals surface area contributed by atoms with Gasteiger partial charge in [-0.25, -0.2) is 0 Å². The van der Waals surface area contributed by atoms with Gasteiger partial charge in [-0.05, 0) is 25.7 Å². The van der Waals surface area contributed by atoms with Crippen LogP contribution in [0.4, 0.5) is 0 Å². The summed E-state index contributed by atoms with van der Waals surface area (Å²) in [4.78, 5) is 0. The molecular weight excluding hydrogens is 224 g/mol. The second-order valence-corrected chi connectivity index (χ2v) is 4.02. The van der Waals surface area contributed by atoms with Crippen LogP contribution in [0.25, 0.3) is 0 Å². The molecule has 0 saturated heterocycles. The summed E-state index contributed by atoms with van der Waals surface area (Å²) in [6.07, 6.45) is 7.32. The summed E-state index contributed by atoms with van der Waals surface area (Å²) in [5, 5.41) is 0. The van der Waals surface area contributed by atoms with Gasteiger partial charge in [0.2, 0.25) is 0 Å². The molecule has 0 unspecified atom stereocenters. The van der Waals surface area contributed by atoms with Gasteiger partial charge < -0.3 is 9.47 Å². The average molecular weight is 247 g/mol. The molecule has 2 nitrogen and oxygen atoms in total. The van der Waals surface area contributed by atoms with Crippen molar-refractivity contribution in [3.05, 3.63) is 0 Å². The molecule has 0 aliphatic carbocycles. The van der Waals surface area contributed by atoms with E-state index < -0.39 is 0 Å². The summed E-state index contributed by atoms with van der Waals surface area (Å²) in [7, 11) is 3.35. The van der Waals surface area contributed by atoms with Crippen molar-refractivity contribution in [3.8, 4) is 11.8 Å². The molecular formula is C13H23ClO2. The zero-order chi connectivity index (χ0) is 12.1. The molecule has 0 amide bonds. The quantitative estimate of drug-likeness (QED) is 0.268. The third-order valence-electron chi connectivity index (χ3n) is 2.33. The number of methoxy groups -OCH3 is 2. The van der Waals surface area contributed by atoms with Gasteiger partial charge in [-0.15, -0.1) is 23.4 Å². The van der Waals surface area contributed by atoms with Crippen LogP contribution in [0.2, 0.25) is 0 Å². The van der Waals surface area contributed by atoms with E-state index in [1.54, 1.807) is 14.2 Å². The van der Waals surface area contributed by atoms with Crippen LogP contribution in [-0.4, -0.2) is 26.4 Å². The Balaban J connectivity index is 3.22. The number of ether oxygens (including phenoxy) is 2. The summed E-state index contributed by atoms with van der Waals surface area (Å²) in [6, 6.07) is 0. The van der Waals surface area contributed by atoms with Gasteiger partial charge >= 0.3 is 0 Å². The molecule has 0 atom stereocenters. The highest BCUT2D eigenvalue weighted by Gasteiger charge is 2.02. The maximum atomic E-state index is 5.55. The van der Waals surface area contributed by atoms with Gasteiger partial charge in [0.25, 0.3) is 0 Å². The maximum absolute atomic E-state index is 5.55. The van der Waals surface area contributed by atoms with Gasteiger partial charge in [-0.3, -0.25) is 0 Å². The van der Waals surface area contributed by atoms with E-state index in [4.69, 9.17) is 21.1 Å². The number of rotatable bonds is 9. The van der Waals surface area contributed by atoms with Crippen LogP contribution < -0.4 is 0 Å². The van der Waals surface area contributed by atoms with E-state index >= 15 is 0 Å². The highest BCUT2D eigenvalue weighted by atomic mass is 35.5. The molecule has 0 heterocycles. The molecule has 94 valence electrons. The minimum absolute atomic E-state index is 0.0465. The number of halogens is 1. The van der Waals surface area contributed by atoms with Crippen LogP contribution in [-0.2, 0) is 9.47 Å². The topological polar surface area (TPSA) is 18.5 Å². The third-order valence-corrected chi connectivity index (χ3v) is 2.60. The number of alkyl halides is 1. The number of hydrogen-bond donors (Lipinski definition) is 0. The van der Waals surface area contributed by atoms with E-state index in [0.29, 0.717) is 5.88 Å². The Morgan fingerprint density at radius 2 is 1.56 bits per heavy atom. The molecule has 0 aliphatic heterocycles. The molecule has 0 aromatic rings. The fraction of sp³-hybridized carbons (Fsp3) is 0.846. The van der Waals surface area contributed by atoms with E-state index in [9.17, 15) is 0 Å². The van der Waals surface area contributed by atoms with Gasteiger partial charge in [-0.1, -0.05) is 6.42 Å². The second-order valence-electron chi connectivity index (χ2n) is 3.65. The predicted molar refractivity (Wildman–Crippen MR) is 68.6 cm³/mol. The van der Waals surface area contributed by atoms with E-state index in [1.807, 2.05) is 0 Å². The summed E-state index contributed by atoms with van der Waals surface area (Å²) in [6.45, 7) is 0. The molecule has 3 heteroatoms. The molecule has 0 aromatic heterocycles. The van der Waals surface area contributed by atoms with E-state index in [1.165, 1.54) is 6.42 Å². The first-order valence-electron chi connectivity index (χ1n) is 5.92. The number of unbranched alkanes of at least 4 members (excludes halogenated alkanes) is 4. The van der Waals surface area contributed by atoms with Gasteiger partial charge in [0.15, 0.2) is 6.29 Å². The molecule has 0 aromatic carbocycles. The van der Waals surface area contributed by atoms with Gasteiger partial charge in [0.05, 0.1) is 0 Å². The third kappa shape index (κ3) is 10.3. The summed E-state index contributed by atoms with van der Waals surface area (Å²) < 4.78 is 10.2. The first-order valence-corrected chi connectivity index (χ1v) is 6.46. The van der Waals surface area contributed by atoms with Crippen LogP contribution in [0.15, 0.2) is 0 Å². The Hall–Kier alpha value is -0.230. The van der Waals surface area contributed by atoms with Crippen molar-refractivity contribution in [1.29, 1.82) is 0 Å². The minimum atomic E-state index is -0.0465. The lowest BCUT2D eigenvalue weighted by Gasteiger charge is -2.12. The summed E-state index contributed by atoms with van der Waals surface area (Å²) in [5.74, 6) is 7.00. The lowest BCUT2D eigenvalue weighted by Crippen LogP contribution is -2.12.